The molecule has 0 saturated carbocycles. The lowest BCUT2D eigenvalue weighted by Gasteiger charge is -2.34. The summed E-state index contributed by atoms with van der Waals surface area (Å²) >= 11 is 0. The van der Waals surface area contributed by atoms with Crippen molar-refractivity contribution in [2.45, 2.75) is 33.8 Å². The Labute approximate surface area is 154 Å². The summed E-state index contributed by atoms with van der Waals surface area (Å²) in [6.45, 7) is 8.20. The van der Waals surface area contributed by atoms with E-state index in [1.54, 1.807) is 17.9 Å². The largest absolute Gasteiger partial charge is 0.479 e. The van der Waals surface area contributed by atoms with Crippen LogP contribution in [0.15, 0.2) is 42.5 Å². The highest BCUT2D eigenvalue weighted by Gasteiger charge is 2.33. The highest BCUT2D eigenvalue weighted by molar-refractivity contribution is 6.07. The van der Waals surface area contributed by atoms with E-state index < -0.39 is 6.10 Å². The summed E-state index contributed by atoms with van der Waals surface area (Å²) in [5.41, 5.74) is 3.72. The Kier molecular flexibility index (Phi) is 4.98. The second-order valence-corrected chi connectivity index (χ2v) is 6.58. The molecule has 0 spiro atoms. The molecule has 0 aliphatic carbocycles. The number of anilines is 2. The SMILES string of the molecule is CCN(C(=O)CN1C(=O)[C@H](C)Oc2ccccc21)c1ccc(C)cc1C. The van der Waals surface area contributed by atoms with Gasteiger partial charge in [0.15, 0.2) is 6.10 Å². The zero-order valence-electron chi connectivity index (χ0n) is 15.7. The predicted octanol–water partition coefficient (Wildman–Crippen LogP) is 3.47. The zero-order valence-corrected chi connectivity index (χ0v) is 15.7. The van der Waals surface area contributed by atoms with Crippen LogP contribution in [0.2, 0.25) is 0 Å². The topological polar surface area (TPSA) is 49.9 Å². The Bertz CT molecular complexity index is 847. The molecule has 1 heterocycles. The van der Waals surface area contributed by atoms with E-state index in [9.17, 15) is 9.59 Å². The highest BCUT2D eigenvalue weighted by atomic mass is 16.5. The normalized spacial score (nSPS) is 16.1. The summed E-state index contributed by atoms with van der Waals surface area (Å²) < 4.78 is 5.64. The van der Waals surface area contributed by atoms with Crippen LogP contribution in [0.5, 0.6) is 5.75 Å². The third-order valence-corrected chi connectivity index (χ3v) is 4.63. The Morgan fingerprint density at radius 2 is 1.92 bits per heavy atom. The summed E-state index contributed by atoms with van der Waals surface area (Å²) in [7, 11) is 0. The van der Waals surface area contributed by atoms with Crippen LogP contribution in [0.25, 0.3) is 0 Å². The number of hydrogen-bond acceptors (Lipinski definition) is 3. The molecule has 5 nitrogen and oxygen atoms in total. The Balaban J connectivity index is 1.89. The Morgan fingerprint density at radius 3 is 2.62 bits per heavy atom. The quantitative estimate of drug-likeness (QED) is 0.847. The van der Waals surface area contributed by atoms with Gasteiger partial charge in [-0.05, 0) is 51.5 Å². The van der Waals surface area contributed by atoms with E-state index in [2.05, 4.69) is 6.07 Å². The van der Waals surface area contributed by atoms with Crippen molar-refractivity contribution in [1.29, 1.82) is 0 Å². The molecule has 136 valence electrons. The van der Waals surface area contributed by atoms with Crippen molar-refractivity contribution in [2.24, 2.45) is 0 Å². The van der Waals surface area contributed by atoms with Gasteiger partial charge in [-0.15, -0.1) is 0 Å². The van der Waals surface area contributed by atoms with Crippen LogP contribution >= 0.6 is 0 Å². The van der Waals surface area contributed by atoms with Crippen molar-refractivity contribution in [2.75, 3.05) is 22.9 Å². The third-order valence-electron chi connectivity index (χ3n) is 4.63. The average molecular weight is 352 g/mol. The van der Waals surface area contributed by atoms with Crippen molar-refractivity contribution in [1.82, 2.24) is 0 Å². The molecule has 0 aromatic heterocycles. The number of aryl methyl sites for hydroxylation is 2. The fraction of sp³-hybridized carbons (Fsp3) is 0.333. The molecule has 0 radical (unpaired) electrons. The number of rotatable bonds is 4. The smallest absolute Gasteiger partial charge is 0.268 e. The number of para-hydroxylation sites is 2. The standard InChI is InChI=1S/C21H24N2O3/c1-5-22(17-11-10-14(2)12-15(17)3)20(24)13-23-18-8-6-7-9-19(18)26-16(4)21(23)25/h6-12,16H,5,13H2,1-4H3/t16-/m0/s1. The number of ether oxygens (including phenoxy) is 1. The first-order valence-electron chi connectivity index (χ1n) is 8.87. The molecule has 1 atom stereocenters. The lowest BCUT2D eigenvalue weighted by atomic mass is 10.1. The van der Waals surface area contributed by atoms with Gasteiger partial charge in [0.25, 0.3) is 5.91 Å². The van der Waals surface area contributed by atoms with Gasteiger partial charge in [-0.1, -0.05) is 29.8 Å². The predicted molar refractivity (Wildman–Crippen MR) is 103 cm³/mol. The maximum Gasteiger partial charge on any atom is 0.268 e. The number of benzene rings is 2. The van der Waals surface area contributed by atoms with Gasteiger partial charge in [0.05, 0.1) is 5.69 Å². The molecule has 26 heavy (non-hydrogen) atoms. The van der Waals surface area contributed by atoms with Crippen LogP contribution < -0.4 is 14.5 Å². The monoisotopic (exact) mass is 352 g/mol. The number of amides is 2. The van der Waals surface area contributed by atoms with Crippen molar-refractivity contribution < 1.29 is 14.3 Å². The number of carbonyl (C=O) groups is 2. The van der Waals surface area contributed by atoms with Crippen LogP contribution in [0.3, 0.4) is 0 Å². The Morgan fingerprint density at radius 1 is 1.19 bits per heavy atom. The van der Waals surface area contributed by atoms with E-state index in [4.69, 9.17) is 4.74 Å². The number of hydrogen-bond donors (Lipinski definition) is 0. The minimum atomic E-state index is -0.603. The first kappa shape index (κ1) is 18.0. The molecule has 5 heteroatoms. The van der Waals surface area contributed by atoms with Crippen LogP contribution in [-0.4, -0.2) is 31.0 Å². The van der Waals surface area contributed by atoms with Gasteiger partial charge in [0.1, 0.15) is 12.3 Å². The van der Waals surface area contributed by atoms with Gasteiger partial charge in [0.2, 0.25) is 5.91 Å². The molecule has 2 aromatic carbocycles. The third kappa shape index (κ3) is 3.29. The summed E-state index contributed by atoms with van der Waals surface area (Å²) in [5, 5.41) is 0. The summed E-state index contributed by atoms with van der Waals surface area (Å²) in [6.07, 6.45) is -0.603. The summed E-state index contributed by atoms with van der Waals surface area (Å²) in [6, 6.07) is 13.3. The summed E-state index contributed by atoms with van der Waals surface area (Å²) in [4.78, 5) is 28.9. The van der Waals surface area contributed by atoms with Gasteiger partial charge in [-0.25, -0.2) is 0 Å². The van der Waals surface area contributed by atoms with E-state index in [0.717, 1.165) is 16.8 Å². The van der Waals surface area contributed by atoms with Crippen molar-refractivity contribution >= 4 is 23.2 Å². The lowest BCUT2D eigenvalue weighted by Crippen LogP contribution is -2.49. The number of carbonyl (C=O) groups excluding carboxylic acids is 2. The molecule has 2 amide bonds. The van der Waals surface area contributed by atoms with Gasteiger partial charge in [-0.2, -0.15) is 0 Å². The fourth-order valence-electron chi connectivity index (χ4n) is 3.33. The average Bonchev–Trinajstić information content (AvgIpc) is 2.61. The second-order valence-electron chi connectivity index (χ2n) is 6.58. The first-order chi connectivity index (χ1) is 12.4. The van der Waals surface area contributed by atoms with Gasteiger partial charge in [0, 0.05) is 12.2 Å². The molecular formula is C21H24N2O3. The van der Waals surface area contributed by atoms with E-state index in [1.807, 2.05) is 51.1 Å². The van der Waals surface area contributed by atoms with E-state index >= 15 is 0 Å². The zero-order chi connectivity index (χ0) is 18.8. The van der Waals surface area contributed by atoms with Gasteiger partial charge < -0.3 is 9.64 Å². The molecule has 0 fully saturated rings. The minimum absolute atomic E-state index is 0.00922. The lowest BCUT2D eigenvalue weighted by molar-refractivity contribution is -0.127. The number of fused-ring (bicyclic) bond motifs is 1. The number of nitrogens with zero attached hydrogens (tertiary/aromatic N) is 2. The van der Waals surface area contributed by atoms with Crippen LogP contribution in [0.1, 0.15) is 25.0 Å². The van der Waals surface area contributed by atoms with Crippen LogP contribution in [0.4, 0.5) is 11.4 Å². The molecule has 1 aliphatic heterocycles. The van der Waals surface area contributed by atoms with Gasteiger partial charge >= 0.3 is 0 Å². The van der Waals surface area contributed by atoms with Gasteiger partial charge in [-0.3, -0.25) is 14.5 Å². The first-order valence-corrected chi connectivity index (χ1v) is 8.87. The van der Waals surface area contributed by atoms with E-state index in [1.165, 1.54) is 4.90 Å². The second kappa shape index (κ2) is 7.20. The number of likely N-dealkylation sites (N-methyl/N-ethyl adjacent to an activating group) is 1. The van der Waals surface area contributed by atoms with E-state index in [-0.39, 0.29) is 18.4 Å². The van der Waals surface area contributed by atoms with Crippen molar-refractivity contribution in [3.05, 3.63) is 53.6 Å². The summed E-state index contributed by atoms with van der Waals surface area (Å²) in [5.74, 6) is 0.312. The molecule has 3 rings (SSSR count). The molecule has 0 N–H and O–H groups in total. The van der Waals surface area contributed by atoms with Crippen molar-refractivity contribution in [3.8, 4) is 5.75 Å². The maximum atomic E-state index is 13.0. The molecule has 2 aromatic rings. The maximum absolute atomic E-state index is 13.0. The van der Waals surface area contributed by atoms with E-state index in [0.29, 0.717) is 18.0 Å². The van der Waals surface area contributed by atoms with Crippen LogP contribution in [-0.2, 0) is 9.59 Å². The molecular weight excluding hydrogens is 328 g/mol. The fourth-order valence-corrected chi connectivity index (χ4v) is 3.33. The van der Waals surface area contributed by atoms with Crippen molar-refractivity contribution in [3.63, 3.8) is 0 Å². The Hall–Kier alpha value is -2.82. The van der Waals surface area contributed by atoms with Crippen LogP contribution in [0, 0.1) is 13.8 Å². The minimum Gasteiger partial charge on any atom is -0.479 e. The molecule has 0 unspecified atom stereocenters. The molecule has 0 saturated heterocycles. The highest BCUT2D eigenvalue weighted by Crippen LogP contribution is 2.33. The molecule has 0 bridgehead atoms. The molecule has 1 aliphatic rings.